The summed E-state index contributed by atoms with van der Waals surface area (Å²) in [5.74, 6) is 3.48. The van der Waals surface area contributed by atoms with E-state index in [0.717, 1.165) is 18.6 Å². The fourth-order valence-electron chi connectivity index (χ4n) is 1.60. The van der Waals surface area contributed by atoms with E-state index >= 15 is 0 Å². The van der Waals surface area contributed by atoms with Gasteiger partial charge in [0.05, 0.1) is 0 Å². The van der Waals surface area contributed by atoms with E-state index in [1.165, 1.54) is 11.1 Å². The number of terminal acetylenes is 1. The number of hydrogen-bond acceptors (Lipinski definition) is 1. The van der Waals surface area contributed by atoms with Crippen molar-refractivity contribution < 1.29 is 4.74 Å². The fourth-order valence-corrected chi connectivity index (χ4v) is 1.60. The maximum Gasteiger partial charge on any atom is 0.122 e. The molecule has 104 valence electrons. The fraction of sp³-hybridized carbons (Fsp3) is 0.263. The smallest absolute Gasteiger partial charge is 0.122 e. The summed E-state index contributed by atoms with van der Waals surface area (Å²) in [4.78, 5) is 0. The molecule has 0 saturated heterocycles. The molecule has 0 atom stereocenters. The van der Waals surface area contributed by atoms with Gasteiger partial charge in [0.15, 0.2) is 0 Å². The monoisotopic (exact) mass is 266 g/mol. The molecule has 2 rings (SSSR count). The van der Waals surface area contributed by atoms with Gasteiger partial charge in [0.1, 0.15) is 12.4 Å². The van der Waals surface area contributed by atoms with Crippen molar-refractivity contribution in [1.82, 2.24) is 0 Å². The minimum atomic E-state index is 0.631. The largest absolute Gasteiger partial charge is 0.489 e. The summed E-state index contributed by atoms with van der Waals surface area (Å²) in [6.07, 6.45) is 6.91. The van der Waals surface area contributed by atoms with Crippen molar-refractivity contribution in [2.45, 2.75) is 33.3 Å². The zero-order valence-electron chi connectivity index (χ0n) is 12.3. The summed E-state index contributed by atoms with van der Waals surface area (Å²) in [6.45, 7) is 4.76. The van der Waals surface area contributed by atoms with E-state index in [2.05, 4.69) is 38.0 Å². The second-order valence-corrected chi connectivity index (χ2v) is 4.49. The van der Waals surface area contributed by atoms with E-state index in [9.17, 15) is 0 Å². The second kappa shape index (κ2) is 9.69. The van der Waals surface area contributed by atoms with E-state index in [1.807, 2.05) is 36.4 Å². The van der Waals surface area contributed by atoms with E-state index in [-0.39, 0.29) is 0 Å². The lowest BCUT2D eigenvalue weighted by Crippen LogP contribution is -1.96. The van der Waals surface area contributed by atoms with Gasteiger partial charge in [0.2, 0.25) is 0 Å². The first-order valence-electron chi connectivity index (χ1n) is 6.93. The van der Waals surface area contributed by atoms with Gasteiger partial charge in [-0.15, -0.1) is 12.3 Å². The molecule has 0 amide bonds. The summed E-state index contributed by atoms with van der Waals surface area (Å²) in [6, 6.07) is 18.3. The molecule has 0 N–H and O–H groups in total. The van der Waals surface area contributed by atoms with Crippen LogP contribution in [0.2, 0.25) is 0 Å². The van der Waals surface area contributed by atoms with Crippen LogP contribution in [0.5, 0.6) is 5.75 Å². The molecule has 1 nitrogen and oxygen atoms in total. The minimum absolute atomic E-state index is 0.631. The Hall–Kier alpha value is -2.20. The Labute approximate surface area is 122 Å². The minimum Gasteiger partial charge on any atom is -0.489 e. The molecule has 0 aliphatic heterocycles. The molecule has 0 unspecified atom stereocenters. The van der Waals surface area contributed by atoms with Crippen LogP contribution in [0.3, 0.4) is 0 Å². The average molecular weight is 266 g/mol. The molecule has 0 heterocycles. The average Bonchev–Trinajstić information content (AvgIpc) is 2.49. The van der Waals surface area contributed by atoms with Crippen molar-refractivity contribution in [2.75, 3.05) is 0 Å². The highest BCUT2D eigenvalue weighted by Gasteiger charge is 1.97. The van der Waals surface area contributed by atoms with Crippen molar-refractivity contribution in [3.63, 3.8) is 0 Å². The van der Waals surface area contributed by atoms with Gasteiger partial charge in [-0.3, -0.25) is 0 Å². The summed E-state index contributed by atoms with van der Waals surface area (Å²) < 4.78 is 5.72. The highest BCUT2D eigenvalue weighted by Crippen LogP contribution is 2.17. The quantitative estimate of drug-likeness (QED) is 0.708. The molecular formula is C19H22O. The molecule has 2 aromatic rings. The Kier molecular flexibility index (Phi) is 7.69. The van der Waals surface area contributed by atoms with Crippen LogP contribution in [-0.2, 0) is 6.61 Å². The normalized spacial score (nSPS) is 9.05. The van der Waals surface area contributed by atoms with Gasteiger partial charge in [-0.25, -0.2) is 0 Å². The van der Waals surface area contributed by atoms with Gasteiger partial charge in [-0.05, 0) is 30.5 Å². The number of hydrogen-bond donors (Lipinski definition) is 0. The van der Waals surface area contributed by atoms with Crippen molar-refractivity contribution in [1.29, 1.82) is 0 Å². The van der Waals surface area contributed by atoms with Crippen molar-refractivity contribution in [2.24, 2.45) is 0 Å². The molecule has 0 bridgehead atoms. The summed E-state index contributed by atoms with van der Waals surface area (Å²) >= 11 is 0. The van der Waals surface area contributed by atoms with Crippen LogP contribution in [0, 0.1) is 19.3 Å². The first-order valence-corrected chi connectivity index (χ1v) is 6.93. The number of para-hydroxylation sites is 1. The van der Waals surface area contributed by atoms with Crippen LogP contribution in [0.15, 0.2) is 54.6 Å². The van der Waals surface area contributed by atoms with Crippen LogP contribution in [0.4, 0.5) is 0 Å². The number of rotatable bonds is 4. The summed E-state index contributed by atoms with van der Waals surface area (Å²) in [5, 5.41) is 0. The molecule has 1 heteroatoms. The number of unbranched alkanes of at least 4 members (excludes halogenated alkanes) is 1. The molecule has 0 saturated carbocycles. The van der Waals surface area contributed by atoms with Gasteiger partial charge in [-0.1, -0.05) is 55.5 Å². The standard InChI is InChI=1S/C14H14O.C5H8/c1-12-7-5-6-10-14(12)15-11-13-8-3-2-4-9-13;1-3-5-4-2/h2-10H,11H2,1H3;1H,4-5H2,2H3. The zero-order chi connectivity index (χ0) is 14.6. The first kappa shape index (κ1) is 15.9. The number of ether oxygens (including phenoxy) is 1. The lowest BCUT2D eigenvalue weighted by Gasteiger charge is -2.08. The Morgan fingerprint density at radius 1 is 1.00 bits per heavy atom. The van der Waals surface area contributed by atoms with Crippen molar-refractivity contribution >= 4 is 0 Å². The molecule has 20 heavy (non-hydrogen) atoms. The lowest BCUT2D eigenvalue weighted by atomic mass is 10.2. The maximum atomic E-state index is 5.72. The molecule has 0 aliphatic carbocycles. The summed E-state index contributed by atoms with van der Waals surface area (Å²) in [5.41, 5.74) is 2.37. The Bertz CT molecular complexity index is 523. The molecule has 0 radical (unpaired) electrons. The maximum absolute atomic E-state index is 5.72. The van der Waals surface area contributed by atoms with Crippen molar-refractivity contribution in [3.05, 3.63) is 65.7 Å². The third-order valence-corrected chi connectivity index (χ3v) is 2.73. The Balaban J connectivity index is 0.000000347. The van der Waals surface area contributed by atoms with E-state index in [0.29, 0.717) is 6.61 Å². The number of benzene rings is 2. The highest BCUT2D eigenvalue weighted by atomic mass is 16.5. The van der Waals surface area contributed by atoms with Crippen LogP contribution in [0.25, 0.3) is 0 Å². The molecule has 0 spiro atoms. The third-order valence-electron chi connectivity index (χ3n) is 2.73. The molecule has 2 aromatic carbocycles. The number of aryl methyl sites for hydroxylation is 1. The zero-order valence-corrected chi connectivity index (χ0v) is 12.3. The van der Waals surface area contributed by atoms with Crippen LogP contribution < -0.4 is 4.74 Å². The van der Waals surface area contributed by atoms with E-state index in [4.69, 9.17) is 11.2 Å². The first-order chi connectivity index (χ1) is 9.77. The second-order valence-electron chi connectivity index (χ2n) is 4.49. The van der Waals surface area contributed by atoms with Crippen LogP contribution >= 0.6 is 0 Å². The van der Waals surface area contributed by atoms with Gasteiger partial charge >= 0.3 is 0 Å². The van der Waals surface area contributed by atoms with Gasteiger partial charge in [0.25, 0.3) is 0 Å². The predicted molar refractivity (Wildman–Crippen MR) is 85.7 cm³/mol. The van der Waals surface area contributed by atoms with Crippen molar-refractivity contribution in [3.8, 4) is 18.1 Å². The Morgan fingerprint density at radius 2 is 1.65 bits per heavy atom. The summed E-state index contributed by atoms with van der Waals surface area (Å²) in [7, 11) is 0. The van der Waals surface area contributed by atoms with Gasteiger partial charge in [0, 0.05) is 6.42 Å². The topological polar surface area (TPSA) is 9.23 Å². The molecule has 0 aliphatic rings. The van der Waals surface area contributed by atoms with Crippen LogP contribution in [0.1, 0.15) is 30.9 Å². The van der Waals surface area contributed by atoms with E-state index < -0.39 is 0 Å². The van der Waals surface area contributed by atoms with Crippen LogP contribution in [-0.4, -0.2) is 0 Å². The highest BCUT2D eigenvalue weighted by molar-refractivity contribution is 5.32. The molecular weight excluding hydrogens is 244 g/mol. The Morgan fingerprint density at radius 3 is 2.20 bits per heavy atom. The third kappa shape index (κ3) is 6.11. The lowest BCUT2D eigenvalue weighted by molar-refractivity contribution is 0.304. The molecule has 0 aromatic heterocycles. The SMILES string of the molecule is C#CCCC.Cc1ccccc1OCc1ccccc1. The van der Waals surface area contributed by atoms with E-state index in [1.54, 1.807) is 0 Å². The predicted octanol–water partition coefficient (Wildman–Crippen LogP) is 4.99. The van der Waals surface area contributed by atoms with Gasteiger partial charge < -0.3 is 4.74 Å². The van der Waals surface area contributed by atoms with Gasteiger partial charge in [-0.2, -0.15) is 0 Å². The molecule has 0 fully saturated rings.